The van der Waals surface area contributed by atoms with E-state index < -0.39 is 5.60 Å². The maximum absolute atomic E-state index is 12.6. The van der Waals surface area contributed by atoms with Crippen LogP contribution in [0.15, 0.2) is 48.8 Å². The molecule has 2 fully saturated rings. The molecule has 6 nitrogen and oxygen atoms in total. The van der Waals surface area contributed by atoms with Crippen molar-refractivity contribution in [3.05, 3.63) is 48.8 Å². The van der Waals surface area contributed by atoms with Crippen LogP contribution in [0.1, 0.15) is 32.1 Å². The molecule has 0 bridgehead atoms. The molecular weight excluding hydrogens is 342 g/mol. The van der Waals surface area contributed by atoms with Gasteiger partial charge in [-0.25, -0.2) is 4.79 Å². The number of anilines is 1. The van der Waals surface area contributed by atoms with Crippen molar-refractivity contribution in [1.29, 1.82) is 0 Å². The summed E-state index contributed by atoms with van der Waals surface area (Å²) in [4.78, 5) is 18.5. The highest BCUT2D eigenvalue weighted by Crippen LogP contribution is 2.39. The minimum atomic E-state index is -0.569. The van der Waals surface area contributed by atoms with Gasteiger partial charge in [0.1, 0.15) is 11.5 Å². The molecule has 2 aliphatic rings. The van der Waals surface area contributed by atoms with E-state index in [0.717, 1.165) is 31.4 Å². The molecule has 2 heterocycles. The molecule has 1 aliphatic carbocycles. The first-order valence-electron chi connectivity index (χ1n) is 9.59. The van der Waals surface area contributed by atoms with Crippen LogP contribution < -0.4 is 10.1 Å². The summed E-state index contributed by atoms with van der Waals surface area (Å²) in [7, 11) is 0. The summed E-state index contributed by atoms with van der Waals surface area (Å²) in [5.74, 6) is 1.55. The van der Waals surface area contributed by atoms with Gasteiger partial charge in [0.15, 0.2) is 0 Å². The number of aromatic nitrogens is 1. The molecule has 1 saturated carbocycles. The van der Waals surface area contributed by atoms with Gasteiger partial charge in [0, 0.05) is 30.9 Å². The third-order valence-electron chi connectivity index (χ3n) is 5.69. The molecule has 1 aliphatic heterocycles. The molecule has 1 aromatic heterocycles. The summed E-state index contributed by atoms with van der Waals surface area (Å²) >= 11 is 0. The Morgan fingerprint density at radius 3 is 2.81 bits per heavy atom. The molecule has 0 unspecified atom stereocenters. The molecule has 2 atom stereocenters. The van der Waals surface area contributed by atoms with Crippen molar-refractivity contribution in [3.8, 4) is 11.5 Å². The molecule has 2 aromatic rings. The highest BCUT2D eigenvalue weighted by molar-refractivity contribution is 5.89. The molecule has 142 valence electrons. The molecule has 6 heteroatoms. The van der Waals surface area contributed by atoms with Crippen molar-refractivity contribution in [2.24, 2.45) is 5.92 Å². The van der Waals surface area contributed by atoms with Gasteiger partial charge in [0.25, 0.3) is 0 Å². The van der Waals surface area contributed by atoms with Crippen molar-refractivity contribution < 1.29 is 14.6 Å². The number of piperidine rings is 1. The van der Waals surface area contributed by atoms with E-state index in [1.807, 2.05) is 41.3 Å². The number of carbonyl (C=O) groups excluding carboxylic acids is 1. The number of nitrogens with one attached hydrogen (secondary N) is 1. The summed E-state index contributed by atoms with van der Waals surface area (Å²) in [5, 5.41) is 13.7. The van der Waals surface area contributed by atoms with Crippen LogP contribution in [0.3, 0.4) is 0 Å². The van der Waals surface area contributed by atoms with Gasteiger partial charge in [-0.2, -0.15) is 0 Å². The fourth-order valence-electron chi connectivity index (χ4n) is 4.11. The summed E-state index contributed by atoms with van der Waals surface area (Å²) in [6, 6.07) is 10.8. The van der Waals surface area contributed by atoms with Crippen molar-refractivity contribution in [3.63, 3.8) is 0 Å². The molecule has 27 heavy (non-hydrogen) atoms. The molecule has 0 radical (unpaired) electrons. The lowest BCUT2D eigenvalue weighted by atomic mass is 9.71. The first-order valence-corrected chi connectivity index (χ1v) is 9.59. The van der Waals surface area contributed by atoms with Gasteiger partial charge in [0.2, 0.25) is 0 Å². The fraction of sp³-hybridized carbons (Fsp3) is 0.429. The van der Waals surface area contributed by atoms with E-state index in [-0.39, 0.29) is 11.9 Å². The van der Waals surface area contributed by atoms with Gasteiger partial charge in [-0.15, -0.1) is 0 Å². The number of carbonyl (C=O) groups is 1. The number of amides is 2. The molecule has 0 spiro atoms. The van der Waals surface area contributed by atoms with Crippen molar-refractivity contribution >= 4 is 11.7 Å². The fourth-order valence-corrected chi connectivity index (χ4v) is 4.11. The van der Waals surface area contributed by atoms with Gasteiger partial charge in [-0.3, -0.25) is 4.98 Å². The predicted molar refractivity (Wildman–Crippen MR) is 103 cm³/mol. The van der Waals surface area contributed by atoms with Crippen LogP contribution in [0.5, 0.6) is 11.5 Å². The Kier molecular flexibility index (Phi) is 4.99. The third-order valence-corrected chi connectivity index (χ3v) is 5.69. The number of hydrogen-bond donors (Lipinski definition) is 2. The Bertz CT molecular complexity index is 781. The molecular formula is C21H25N3O3. The predicted octanol–water partition coefficient (Wildman–Crippen LogP) is 4.03. The van der Waals surface area contributed by atoms with E-state index in [4.69, 9.17) is 4.74 Å². The van der Waals surface area contributed by atoms with E-state index in [2.05, 4.69) is 10.3 Å². The van der Waals surface area contributed by atoms with Gasteiger partial charge in [0.05, 0.1) is 11.8 Å². The Balaban J connectivity index is 1.34. The van der Waals surface area contributed by atoms with Crippen LogP contribution in [0, 0.1) is 5.92 Å². The summed E-state index contributed by atoms with van der Waals surface area (Å²) in [5.41, 5.74) is 0.156. The lowest BCUT2D eigenvalue weighted by Gasteiger charge is -2.47. The van der Waals surface area contributed by atoms with Gasteiger partial charge >= 0.3 is 6.03 Å². The SMILES string of the molecule is O=C(Nc1ccc(Oc2cccnc2)cc1)N1CC[C@@]2(O)CCCC[C@H]2C1. The molecule has 1 saturated heterocycles. The number of nitrogens with zero attached hydrogens (tertiary/aromatic N) is 2. The van der Waals surface area contributed by atoms with Crippen molar-refractivity contribution in [2.75, 3.05) is 18.4 Å². The molecule has 4 rings (SSSR count). The minimum Gasteiger partial charge on any atom is -0.456 e. The maximum Gasteiger partial charge on any atom is 0.321 e. The minimum absolute atomic E-state index is 0.108. The number of ether oxygens (including phenoxy) is 1. The largest absolute Gasteiger partial charge is 0.456 e. The second-order valence-corrected chi connectivity index (χ2v) is 7.49. The van der Waals surface area contributed by atoms with Crippen LogP contribution in [0.2, 0.25) is 0 Å². The maximum atomic E-state index is 12.6. The second kappa shape index (κ2) is 7.56. The number of likely N-dealkylation sites (tertiary alicyclic amines) is 1. The Hall–Kier alpha value is -2.60. The second-order valence-electron chi connectivity index (χ2n) is 7.49. The zero-order chi connectivity index (χ0) is 18.7. The lowest BCUT2D eigenvalue weighted by molar-refractivity contribution is -0.0863. The highest BCUT2D eigenvalue weighted by Gasteiger charge is 2.43. The molecule has 1 aromatic carbocycles. The zero-order valence-corrected chi connectivity index (χ0v) is 15.3. The first-order chi connectivity index (χ1) is 13.1. The number of hydrogen-bond acceptors (Lipinski definition) is 4. The monoisotopic (exact) mass is 367 g/mol. The van der Waals surface area contributed by atoms with E-state index in [9.17, 15) is 9.90 Å². The normalized spacial score (nSPS) is 24.8. The molecule has 2 N–H and O–H groups in total. The van der Waals surface area contributed by atoms with E-state index >= 15 is 0 Å². The smallest absolute Gasteiger partial charge is 0.321 e. The summed E-state index contributed by atoms with van der Waals surface area (Å²) in [6.07, 6.45) is 8.11. The summed E-state index contributed by atoms with van der Waals surface area (Å²) < 4.78 is 5.71. The van der Waals surface area contributed by atoms with Crippen LogP contribution in [-0.4, -0.2) is 39.7 Å². The third kappa shape index (κ3) is 4.06. The Morgan fingerprint density at radius 2 is 2.04 bits per heavy atom. The lowest BCUT2D eigenvalue weighted by Crippen LogP contribution is -2.55. The first kappa shape index (κ1) is 17.8. The van der Waals surface area contributed by atoms with Crippen molar-refractivity contribution in [2.45, 2.75) is 37.7 Å². The Morgan fingerprint density at radius 1 is 1.19 bits per heavy atom. The number of benzene rings is 1. The topological polar surface area (TPSA) is 74.7 Å². The highest BCUT2D eigenvalue weighted by atomic mass is 16.5. The zero-order valence-electron chi connectivity index (χ0n) is 15.3. The van der Waals surface area contributed by atoms with Crippen LogP contribution >= 0.6 is 0 Å². The quantitative estimate of drug-likeness (QED) is 0.859. The number of pyridine rings is 1. The summed E-state index contributed by atoms with van der Waals surface area (Å²) in [6.45, 7) is 1.23. The van der Waals surface area contributed by atoms with Gasteiger partial charge in [-0.1, -0.05) is 12.8 Å². The van der Waals surface area contributed by atoms with Crippen LogP contribution in [0.25, 0.3) is 0 Å². The van der Waals surface area contributed by atoms with Crippen molar-refractivity contribution in [1.82, 2.24) is 9.88 Å². The van der Waals surface area contributed by atoms with Crippen LogP contribution in [0.4, 0.5) is 10.5 Å². The van der Waals surface area contributed by atoms with E-state index in [1.165, 1.54) is 0 Å². The Labute approximate surface area is 159 Å². The number of fused-ring (bicyclic) bond motifs is 1. The van der Waals surface area contributed by atoms with E-state index in [0.29, 0.717) is 31.0 Å². The van der Waals surface area contributed by atoms with Crippen LogP contribution in [-0.2, 0) is 0 Å². The number of rotatable bonds is 3. The standard InChI is InChI=1S/C21H25N3O3/c25-20(24-13-11-21(26)10-2-1-4-16(21)15-24)23-17-6-8-18(9-7-17)27-19-5-3-12-22-14-19/h3,5-9,12,14,16,26H,1-2,4,10-11,13,15H2,(H,23,25)/t16-,21-/m0/s1. The molecule has 2 amide bonds. The average Bonchev–Trinajstić information content (AvgIpc) is 2.69. The average molecular weight is 367 g/mol. The number of urea groups is 1. The number of aliphatic hydroxyl groups is 1. The van der Waals surface area contributed by atoms with Gasteiger partial charge in [-0.05, 0) is 55.7 Å². The van der Waals surface area contributed by atoms with Gasteiger partial charge < -0.3 is 20.1 Å². The van der Waals surface area contributed by atoms with E-state index in [1.54, 1.807) is 12.4 Å².